The van der Waals surface area contributed by atoms with E-state index in [1.165, 1.54) is 103 Å². The average molecular weight is 599 g/mol. The Morgan fingerprint density at radius 3 is 1.49 bits per heavy atom. The molecule has 0 saturated carbocycles. The first-order valence-electron chi connectivity index (χ1n) is 17.1. The van der Waals surface area contributed by atoms with Crippen molar-refractivity contribution in [2.24, 2.45) is 0 Å². The van der Waals surface area contributed by atoms with Crippen LogP contribution in [0.2, 0.25) is 0 Å². The summed E-state index contributed by atoms with van der Waals surface area (Å²) in [5, 5.41) is 5.16. The van der Waals surface area contributed by atoms with Crippen LogP contribution in [0.15, 0.2) is 103 Å². The van der Waals surface area contributed by atoms with Crippen molar-refractivity contribution in [3.63, 3.8) is 0 Å². The largest absolute Gasteiger partial charge is 0.492 e. The van der Waals surface area contributed by atoms with Crippen LogP contribution in [0.3, 0.4) is 0 Å². The predicted molar refractivity (Wildman–Crippen MR) is 187 cm³/mol. The van der Waals surface area contributed by atoms with Gasteiger partial charge < -0.3 is 9.47 Å². The molecule has 7 rings (SSSR count). The standard InChI is InChI=1S/C41H46N2O2/c1-7-23-42(24-8-1)27-29-44-35-19-15-32(16-20-35)41(33-17-21-36(22-18-33)45-30-28-43-25-9-2-10-26-43)40-31-34-11-3-4-12-37(34)38-13-5-6-14-39(38)40/h3-6,11-22,31,41H,1-2,7-10,23-30H2. The number of likely N-dealkylation sites (tertiary alicyclic amines) is 2. The summed E-state index contributed by atoms with van der Waals surface area (Å²) in [5.74, 6) is 1.95. The van der Waals surface area contributed by atoms with Gasteiger partial charge in [0.2, 0.25) is 0 Å². The van der Waals surface area contributed by atoms with E-state index in [-0.39, 0.29) is 5.92 Å². The lowest BCUT2D eigenvalue weighted by Crippen LogP contribution is -2.33. The van der Waals surface area contributed by atoms with Crippen molar-refractivity contribution in [2.75, 3.05) is 52.5 Å². The summed E-state index contributed by atoms with van der Waals surface area (Å²) in [4.78, 5) is 5.06. The highest BCUT2D eigenvalue weighted by Gasteiger charge is 2.21. The molecule has 4 nitrogen and oxygen atoms in total. The van der Waals surface area contributed by atoms with Crippen LogP contribution in [0, 0.1) is 0 Å². The molecule has 5 aromatic rings. The maximum atomic E-state index is 6.22. The van der Waals surface area contributed by atoms with Crippen LogP contribution in [0.4, 0.5) is 0 Å². The highest BCUT2D eigenvalue weighted by Crippen LogP contribution is 2.40. The van der Waals surface area contributed by atoms with E-state index in [0.717, 1.165) is 37.8 Å². The van der Waals surface area contributed by atoms with Crippen molar-refractivity contribution in [3.8, 4) is 11.5 Å². The summed E-state index contributed by atoms with van der Waals surface area (Å²) in [6, 6.07) is 37.6. The predicted octanol–water partition coefficient (Wildman–Crippen LogP) is 8.90. The molecule has 0 aromatic heterocycles. The molecule has 2 aliphatic heterocycles. The minimum Gasteiger partial charge on any atom is -0.492 e. The molecule has 2 heterocycles. The first-order chi connectivity index (χ1) is 22.3. The molecule has 0 radical (unpaired) electrons. The van der Waals surface area contributed by atoms with Gasteiger partial charge in [0.05, 0.1) is 0 Å². The molecule has 5 aromatic carbocycles. The minimum atomic E-state index is 0.0734. The first-order valence-corrected chi connectivity index (χ1v) is 17.1. The summed E-state index contributed by atoms with van der Waals surface area (Å²) >= 11 is 0. The molecule has 0 atom stereocenters. The van der Waals surface area contributed by atoms with Crippen molar-refractivity contribution in [1.82, 2.24) is 9.80 Å². The lowest BCUT2D eigenvalue weighted by Gasteiger charge is -2.26. The molecular formula is C41H46N2O2. The molecule has 0 bridgehead atoms. The Balaban J connectivity index is 1.16. The number of piperidine rings is 2. The lowest BCUT2D eigenvalue weighted by atomic mass is 9.81. The van der Waals surface area contributed by atoms with Gasteiger partial charge in [0.15, 0.2) is 0 Å². The van der Waals surface area contributed by atoms with E-state index < -0.39 is 0 Å². The summed E-state index contributed by atoms with van der Waals surface area (Å²) in [7, 11) is 0. The van der Waals surface area contributed by atoms with Gasteiger partial charge in [-0.3, -0.25) is 9.80 Å². The molecular weight excluding hydrogens is 552 g/mol. The molecule has 2 aliphatic rings. The van der Waals surface area contributed by atoms with Gasteiger partial charge in [0, 0.05) is 19.0 Å². The Morgan fingerprint density at radius 2 is 0.956 bits per heavy atom. The number of benzene rings is 5. The Labute approximate surface area is 268 Å². The molecule has 0 aliphatic carbocycles. The number of hydrogen-bond acceptors (Lipinski definition) is 4. The van der Waals surface area contributed by atoms with Crippen LogP contribution in [-0.4, -0.2) is 62.3 Å². The van der Waals surface area contributed by atoms with Crippen LogP contribution in [0.1, 0.15) is 61.1 Å². The first kappa shape index (κ1) is 29.8. The highest BCUT2D eigenvalue weighted by molar-refractivity contribution is 6.09. The topological polar surface area (TPSA) is 24.9 Å². The molecule has 0 unspecified atom stereocenters. The van der Waals surface area contributed by atoms with E-state index in [4.69, 9.17) is 9.47 Å². The van der Waals surface area contributed by atoms with Gasteiger partial charge >= 0.3 is 0 Å². The van der Waals surface area contributed by atoms with Gasteiger partial charge in [0.25, 0.3) is 0 Å². The van der Waals surface area contributed by atoms with Gasteiger partial charge in [-0.15, -0.1) is 0 Å². The molecule has 0 N–H and O–H groups in total. The monoisotopic (exact) mass is 598 g/mol. The third-order valence-electron chi connectivity index (χ3n) is 9.79. The zero-order valence-corrected chi connectivity index (χ0v) is 26.5. The fourth-order valence-corrected chi connectivity index (χ4v) is 7.34. The van der Waals surface area contributed by atoms with Gasteiger partial charge in [-0.05, 0) is 120 Å². The van der Waals surface area contributed by atoms with Crippen molar-refractivity contribution >= 4 is 21.5 Å². The van der Waals surface area contributed by atoms with Crippen molar-refractivity contribution in [1.29, 1.82) is 0 Å². The zero-order valence-electron chi connectivity index (χ0n) is 26.5. The number of rotatable bonds is 11. The fourth-order valence-electron chi connectivity index (χ4n) is 7.34. The fraction of sp³-hybridized carbons (Fsp3) is 0.366. The number of nitrogens with zero attached hydrogens (tertiary/aromatic N) is 2. The Morgan fingerprint density at radius 1 is 0.489 bits per heavy atom. The van der Waals surface area contributed by atoms with E-state index in [1.807, 2.05) is 0 Å². The molecule has 45 heavy (non-hydrogen) atoms. The third kappa shape index (κ3) is 7.19. The summed E-state index contributed by atoms with van der Waals surface area (Å²) in [5.41, 5.74) is 3.84. The van der Waals surface area contributed by atoms with Crippen LogP contribution >= 0.6 is 0 Å². The van der Waals surface area contributed by atoms with Crippen molar-refractivity contribution in [2.45, 2.75) is 44.4 Å². The normalized spacial score (nSPS) is 16.4. The average Bonchev–Trinajstić information content (AvgIpc) is 3.11. The molecule has 0 amide bonds. The van der Waals surface area contributed by atoms with E-state index in [2.05, 4.69) is 113 Å². The second-order valence-corrected chi connectivity index (χ2v) is 12.8. The summed E-state index contributed by atoms with van der Waals surface area (Å²) in [6.45, 7) is 8.27. The molecule has 4 heteroatoms. The van der Waals surface area contributed by atoms with Crippen LogP contribution in [-0.2, 0) is 0 Å². The van der Waals surface area contributed by atoms with E-state index in [9.17, 15) is 0 Å². The Hall–Kier alpha value is -3.86. The Kier molecular flexibility index (Phi) is 9.61. The van der Waals surface area contributed by atoms with Gasteiger partial charge in [-0.1, -0.05) is 85.6 Å². The highest BCUT2D eigenvalue weighted by atomic mass is 16.5. The molecule has 2 fully saturated rings. The minimum absolute atomic E-state index is 0.0734. The maximum Gasteiger partial charge on any atom is 0.119 e. The van der Waals surface area contributed by atoms with Crippen LogP contribution in [0.25, 0.3) is 21.5 Å². The number of fused-ring (bicyclic) bond motifs is 3. The Bertz CT molecular complexity index is 1600. The van der Waals surface area contributed by atoms with E-state index in [1.54, 1.807) is 0 Å². The second-order valence-electron chi connectivity index (χ2n) is 12.8. The van der Waals surface area contributed by atoms with E-state index in [0.29, 0.717) is 0 Å². The second kappa shape index (κ2) is 14.5. The molecule has 2 saturated heterocycles. The number of hydrogen-bond donors (Lipinski definition) is 0. The van der Waals surface area contributed by atoms with Crippen LogP contribution < -0.4 is 9.47 Å². The molecule has 0 spiro atoms. The lowest BCUT2D eigenvalue weighted by molar-refractivity contribution is 0.183. The summed E-state index contributed by atoms with van der Waals surface area (Å²) < 4.78 is 12.4. The van der Waals surface area contributed by atoms with Crippen molar-refractivity contribution in [3.05, 3.63) is 120 Å². The van der Waals surface area contributed by atoms with Gasteiger partial charge in [-0.2, -0.15) is 0 Å². The molecule has 232 valence electrons. The summed E-state index contributed by atoms with van der Waals surface area (Å²) in [6.07, 6.45) is 7.97. The maximum absolute atomic E-state index is 6.22. The van der Waals surface area contributed by atoms with E-state index >= 15 is 0 Å². The van der Waals surface area contributed by atoms with Gasteiger partial charge in [-0.25, -0.2) is 0 Å². The van der Waals surface area contributed by atoms with Crippen molar-refractivity contribution < 1.29 is 9.47 Å². The van der Waals surface area contributed by atoms with Gasteiger partial charge in [0.1, 0.15) is 24.7 Å². The smallest absolute Gasteiger partial charge is 0.119 e. The quantitative estimate of drug-likeness (QED) is 0.112. The number of ether oxygens (including phenoxy) is 2. The third-order valence-corrected chi connectivity index (χ3v) is 9.79. The SMILES string of the molecule is c1ccc2c(c1)cc(C(c1ccc(OCCN3CCCCC3)cc1)c1ccc(OCCN3CCCCC3)cc1)c1ccccc12. The van der Waals surface area contributed by atoms with Crippen LogP contribution in [0.5, 0.6) is 11.5 Å². The zero-order chi connectivity index (χ0) is 30.3.